The average molecular weight is 222 g/mol. The van der Waals surface area contributed by atoms with Gasteiger partial charge >= 0.3 is 6.16 Å². The third-order valence-electron chi connectivity index (χ3n) is 1.93. The SMILES string of the molecule is Cc1ccc(C)c(OC(=O)OC(C)(C)C)c1. The molecule has 3 nitrogen and oxygen atoms in total. The predicted octanol–water partition coefficient (Wildman–Crippen LogP) is 3.62. The highest BCUT2D eigenvalue weighted by Gasteiger charge is 2.18. The lowest BCUT2D eigenvalue weighted by molar-refractivity contribution is 0.0205. The van der Waals surface area contributed by atoms with E-state index in [0.29, 0.717) is 5.75 Å². The molecular weight excluding hydrogens is 204 g/mol. The molecule has 0 spiro atoms. The van der Waals surface area contributed by atoms with E-state index in [-0.39, 0.29) is 0 Å². The molecule has 0 aromatic heterocycles. The first-order valence-corrected chi connectivity index (χ1v) is 5.26. The number of carbonyl (C=O) groups is 1. The fraction of sp³-hybridized carbons (Fsp3) is 0.462. The van der Waals surface area contributed by atoms with Gasteiger partial charge in [-0.25, -0.2) is 4.79 Å². The van der Waals surface area contributed by atoms with Crippen LogP contribution in [0.5, 0.6) is 5.75 Å². The minimum atomic E-state index is -0.666. The molecule has 0 saturated carbocycles. The molecule has 0 atom stereocenters. The summed E-state index contributed by atoms with van der Waals surface area (Å²) in [6, 6.07) is 5.70. The summed E-state index contributed by atoms with van der Waals surface area (Å²) in [7, 11) is 0. The molecule has 0 aliphatic carbocycles. The molecule has 0 unspecified atom stereocenters. The minimum Gasteiger partial charge on any atom is -0.428 e. The predicted molar refractivity (Wildman–Crippen MR) is 62.8 cm³/mol. The number of hydrogen-bond donors (Lipinski definition) is 0. The van der Waals surface area contributed by atoms with Gasteiger partial charge in [-0.3, -0.25) is 0 Å². The Balaban J connectivity index is 2.73. The van der Waals surface area contributed by atoms with Crippen molar-refractivity contribution in [3.8, 4) is 5.75 Å². The molecular formula is C13H18O3. The Kier molecular flexibility index (Phi) is 3.58. The van der Waals surface area contributed by atoms with Crippen LogP contribution in [0.15, 0.2) is 18.2 Å². The van der Waals surface area contributed by atoms with Crippen LogP contribution in [0.4, 0.5) is 4.79 Å². The maximum atomic E-state index is 11.4. The molecule has 1 aromatic rings. The Morgan fingerprint density at radius 3 is 2.38 bits per heavy atom. The summed E-state index contributed by atoms with van der Waals surface area (Å²) in [5.74, 6) is 0.550. The van der Waals surface area contributed by atoms with Gasteiger partial charge in [-0.2, -0.15) is 0 Å². The van der Waals surface area contributed by atoms with Gasteiger partial charge in [0.25, 0.3) is 0 Å². The molecule has 0 N–H and O–H groups in total. The van der Waals surface area contributed by atoms with E-state index in [1.807, 2.05) is 32.0 Å². The van der Waals surface area contributed by atoms with E-state index in [4.69, 9.17) is 9.47 Å². The molecule has 0 amide bonds. The highest BCUT2D eigenvalue weighted by Crippen LogP contribution is 2.20. The van der Waals surface area contributed by atoms with E-state index in [2.05, 4.69) is 0 Å². The highest BCUT2D eigenvalue weighted by molar-refractivity contribution is 5.65. The second-order valence-electron chi connectivity index (χ2n) is 4.84. The van der Waals surface area contributed by atoms with E-state index in [1.54, 1.807) is 20.8 Å². The van der Waals surface area contributed by atoms with Crippen LogP contribution in [-0.4, -0.2) is 11.8 Å². The Hall–Kier alpha value is -1.51. The largest absolute Gasteiger partial charge is 0.514 e. The standard InChI is InChI=1S/C13H18O3/c1-9-6-7-10(2)11(8-9)15-12(14)16-13(3,4)5/h6-8H,1-5H3. The van der Waals surface area contributed by atoms with Crippen molar-refractivity contribution in [2.75, 3.05) is 0 Å². The lowest BCUT2D eigenvalue weighted by Crippen LogP contribution is -2.26. The van der Waals surface area contributed by atoms with Gasteiger partial charge in [0.05, 0.1) is 0 Å². The van der Waals surface area contributed by atoms with E-state index in [1.165, 1.54) is 0 Å². The summed E-state index contributed by atoms with van der Waals surface area (Å²) in [6.45, 7) is 9.24. The molecule has 0 aliphatic rings. The summed E-state index contributed by atoms with van der Waals surface area (Å²) in [5.41, 5.74) is 1.43. The van der Waals surface area contributed by atoms with Crippen molar-refractivity contribution in [1.29, 1.82) is 0 Å². The molecule has 0 aliphatic heterocycles. The molecule has 0 heterocycles. The number of ether oxygens (including phenoxy) is 2. The second kappa shape index (κ2) is 4.56. The van der Waals surface area contributed by atoms with Gasteiger partial charge in [0.2, 0.25) is 0 Å². The van der Waals surface area contributed by atoms with E-state index in [0.717, 1.165) is 11.1 Å². The average Bonchev–Trinajstić information content (AvgIpc) is 2.08. The quantitative estimate of drug-likeness (QED) is 0.537. The summed E-state index contributed by atoms with van der Waals surface area (Å²) in [4.78, 5) is 11.4. The maximum absolute atomic E-state index is 11.4. The van der Waals surface area contributed by atoms with Crippen molar-refractivity contribution in [3.05, 3.63) is 29.3 Å². The number of carbonyl (C=O) groups excluding carboxylic acids is 1. The van der Waals surface area contributed by atoms with Crippen LogP contribution in [0.3, 0.4) is 0 Å². The van der Waals surface area contributed by atoms with Crippen LogP contribution in [0.1, 0.15) is 31.9 Å². The van der Waals surface area contributed by atoms with Gasteiger partial charge in [0.1, 0.15) is 11.4 Å². The molecule has 88 valence electrons. The first-order valence-electron chi connectivity index (χ1n) is 5.26. The fourth-order valence-electron chi connectivity index (χ4n) is 1.18. The van der Waals surface area contributed by atoms with Crippen molar-refractivity contribution >= 4 is 6.16 Å². The number of rotatable bonds is 1. The van der Waals surface area contributed by atoms with Gasteiger partial charge in [-0.05, 0) is 51.8 Å². The van der Waals surface area contributed by atoms with Gasteiger partial charge in [0.15, 0.2) is 0 Å². The Morgan fingerprint density at radius 2 is 1.81 bits per heavy atom. The van der Waals surface area contributed by atoms with Gasteiger partial charge < -0.3 is 9.47 Å². The monoisotopic (exact) mass is 222 g/mol. The minimum absolute atomic E-state index is 0.533. The lowest BCUT2D eigenvalue weighted by Gasteiger charge is -2.19. The van der Waals surface area contributed by atoms with Gasteiger partial charge in [-0.15, -0.1) is 0 Å². The van der Waals surface area contributed by atoms with Crippen molar-refractivity contribution in [2.45, 2.75) is 40.2 Å². The van der Waals surface area contributed by atoms with Crippen LogP contribution in [-0.2, 0) is 4.74 Å². The second-order valence-corrected chi connectivity index (χ2v) is 4.84. The third kappa shape index (κ3) is 3.93. The van der Waals surface area contributed by atoms with E-state index in [9.17, 15) is 4.79 Å². The van der Waals surface area contributed by atoms with Crippen molar-refractivity contribution in [2.24, 2.45) is 0 Å². The van der Waals surface area contributed by atoms with Crippen LogP contribution >= 0.6 is 0 Å². The molecule has 3 heteroatoms. The fourth-order valence-corrected chi connectivity index (χ4v) is 1.18. The summed E-state index contributed by atoms with van der Waals surface area (Å²) in [6.07, 6.45) is -0.666. The van der Waals surface area contributed by atoms with Gasteiger partial charge in [0, 0.05) is 0 Å². The first kappa shape index (κ1) is 12.6. The number of hydrogen-bond acceptors (Lipinski definition) is 3. The normalized spacial score (nSPS) is 11.1. The van der Waals surface area contributed by atoms with Crippen LogP contribution in [0.2, 0.25) is 0 Å². The zero-order valence-electron chi connectivity index (χ0n) is 10.5. The zero-order valence-corrected chi connectivity index (χ0v) is 10.5. The third-order valence-corrected chi connectivity index (χ3v) is 1.93. The summed E-state index contributed by atoms with van der Waals surface area (Å²) < 4.78 is 10.2. The highest BCUT2D eigenvalue weighted by atomic mass is 16.7. The Bertz CT molecular complexity index is 389. The molecule has 0 fully saturated rings. The lowest BCUT2D eigenvalue weighted by atomic mass is 10.1. The van der Waals surface area contributed by atoms with Crippen LogP contribution < -0.4 is 4.74 Å². The van der Waals surface area contributed by atoms with Crippen molar-refractivity contribution < 1.29 is 14.3 Å². The van der Waals surface area contributed by atoms with Crippen LogP contribution in [0, 0.1) is 13.8 Å². The molecule has 1 aromatic carbocycles. The molecule has 0 saturated heterocycles. The first-order chi connectivity index (χ1) is 7.28. The molecule has 1 rings (SSSR count). The maximum Gasteiger partial charge on any atom is 0.514 e. The van der Waals surface area contributed by atoms with E-state index < -0.39 is 11.8 Å². The topological polar surface area (TPSA) is 35.5 Å². The Labute approximate surface area is 96.4 Å². The number of benzene rings is 1. The molecule has 0 radical (unpaired) electrons. The van der Waals surface area contributed by atoms with Crippen molar-refractivity contribution in [3.63, 3.8) is 0 Å². The van der Waals surface area contributed by atoms with E-state index >= 15 is 0 Å². The number of aryl methyl sites for hydroxylation is 2. The van der Waals surface area contributed by atoms with Gasteiger partial charge in [-0.1, -0.05) is 12.1 Å². The zero-order chi connectivity index (χ0) is 12.3. The molecule has 0 bridgehead atoms. The summed E-state index contributed by atoms with van der Waals surface area (Å²) in [5, 5.41) is 0. The smallest absolute Gasteiger partial charge is 0.428 e. The molecule has 16 heavy (non-hydrogen) atoms. The summed E-state index contributed by atoms with van der Waals surface area (Å²) >= 11 is 0. The van der Waals surface area contributed by atoms with Crippen LogP contribution in [0.25, 0.3) is 0 Å². The van der Waals surface area contributed by atoms with Crippen molar-refractivity contribution in [1.82, 2.24) is 0 Å². The Morgan fingerprint density at radius 1 is 1.19 bits per heavy atom.